The summed E-state index contributed by atoms with van der Waals surface area (Å²) in [6, 6.07) is 9.70. The third-order valence-electron chi connectivity index (χ3n) is 2.15. The van der Waals surface area contributed by atoms with Crippen molar-refractivity contribution in [2.75, 3.05) is 6.61 Å². The summed E-state index contributed by atoms with van der Waals surface area (Å²) in [5.74, 6) is 0. The number of aliphatic hydroxyl groups excluding tert-OH is 1. The van der Waals surface area contributed by atoms with Crippen LogP contribution in [0.25, 0.3) is 0 Å². The maximum absolute atomic E-state index is 9.27. The fourth-order valence-corrected chi connectivity index (χ4v) is 1.42. The van der Waals surface area contributed by atoms with Crippen LogP contribution in [0.1, 0.15) is 11.6 Å². The molecule has 1 aromatic heterocycles. The second-order valence-corrected chi connectivity index (χ2v) is 3.02. The largest absolute Gasteiger partial charge is 0.394 e. The molecule has 1 N–H and O–H groups in total. The van der Waals surface area contributed by atoms with Gasteiger partial charge in [0.25, 0.3) is 0 Å². The lowest BCUT2D eigenvalue weighted by Gasteiger charge is -2.14. The van der Waals surface area contributed by atoms with Gasteiger partial charge in [0.2, 0.25) is 0 Å². The molecule has 0 fully saturated rings. The highest BCUT2D eigenvalue weighted by Crippen LogP contribution is 2.15. The van der Waals surface area contributed by atoms with E-state index in [0.717, 1.165) is 5.56 Å². The van der Waals surface area contributed by atoms with Crippen molar-refractivity contribution in [1.82, 2.24) is 14.8 Å². The van der Waals surface area contributed by atoms with Gasteiger partial charge in [-0.05, 0) is 5.56 Å². The minimum atomic E-state index is -0.0915. The van der Waals surface area contributed by atoms with Crippen LogP contribution in [0.4, 0.5) is 0 Å². The average molecular weight is 189 g/mol. The maximum atomic E-state index is 9.27. The van der Waals surface area contributed by atoms with Gasteiger partial charge in [-0.2, -0.15) is 0 Å². The Kier molecular flexibility index (Phi) is 2.55. The van der Waals surface area contributed by atoms with E-state index < -0.39 is 0 Å². The SMILES string of the molecule is OC[C@H](c1ccccc1)n1cnnc1. The highest BCUT2D eigenvalue weighted by molar-refractivity contribution is 5.19. The molecule has 0 bridgehead atoms. The van der Waals surface area contributed by atoms with Gasteiger partial charge in [0, 0.05) is 0 Å². The Morgan fingerprint density at radius 2 is 1.79 bits per heavy atom. The molecule has 1 atom stereocenters. The summed E-state index contributed by atoms with van der Waals surface area (Å²) in [6.07, 6.45) is 3.21. The Bertz CT molecular complexity index is 372. The number of hydrogen-bond donors (Lipinski definition) is 1. The summed E-state index contributed by atoms with van der Waals surface area (Å²) >= 11 is 0. The van der Waals surface area contributed by atoms with Crippen molar-refractivity contribution >= 4 is 0 Å². The number of aliphatic hydroxyl groups is 1. The average Bonchev–Trinajstić information content (AvgIpc) is 2.74. The molecule has 14 heavy (non-hydrogen) atoms. The van der Waals surface area contributed by atoms with Crippen LogP contribution >= 0.6 is 0 Å². The minimum absolute atomic E-state index is 0.0437. The minimum Gasteiger partial charge on any atom is -0.394 e. The van der Waals surface area contributed by atoms with Crippen LogP contribution in [-0.4, -0.2) is 26.5 Å². The summed E-state index contributed by atoms with van der Waals surface area (Å²) in [6.45, 7) is 0.0437. The third kappa shape index (κ3) is 1.65. The van der Waals surface area contributed by atoms with Gasteiger partial charge in [0.05, 0.1) is 12.6 Å². The number of benzene rings is 1. The molecule has 0 amide bonds. The monoisotopic (exact) mass is 189 g/mol. The summed E-state index contributed by atoms with van der Waals surface area (Å²) < 4.78 is 1.79. The Balaban J connectivity index is 2.31. The molecular formula is C10H11N3O. The van der Waals surface area contributed by atoms with Gasteiger partial charge < -0.3 is 9.67 Å². The van der Waals surface area contributed by atoms with E-state index in [0.29, 0.717) is 0 Å². The fraction of sp³-hybridized carbons (Fsp3) is 0.200. The van der Waals surface area contributed by atoms with Crippen molar-refractivity contribution in [2.24, 2.45) is 0 Å². The number of hydrogen-bond acceptors (Lipinski definition) is 3. The van der Waals surface area contributed by atoms with Crippen LogP contribution in [0.2, 0.25) is 0 Å². The summed E-state index contributed by atoms with van der Waals surface area (Å²) in [5.41, 5.74) is 1.05. The number of aromatic nitrogens is 3. The third-order valence-corrected chi connectivity index (χ3v) is 2.15. The normalized spacial score (nSPS) is 12.6. The topological polar surface area (TPSA) is 50.9 Å². The van der Waals surface area contributed by atoms with Crippen LogP contribution in [-0.2, 0) is 0 Å². The van der Waals surface area contributed by atoms with E-state index in [1.807, 2.05) is 30.3 Å². The second kappa shape index (κ2) is 4.02. The van der Waals surface area contributed by atoms with Crippen molar-refractivity contribution in [3.05, 3.63) is 48.5 Å². The van der Waals surface area contributed by atoms with E-state index in [9.17, 15) is 5.11 Å². The first-order valence-corrected chi connectivity index (χ1v) is 4.41. The Hall–Kier alpha value is -1.68. The lowest BCUT2D eigenvalue weighted by molar-refractivity contribution is 0.249. The van der Waals surface area contributed by atoms with Crippen LogP contribution in [0, 0.1) is 0 Å². The van der Waals surface area contributed by atoms with E-state index in [1.54, 1.807) is 17.2 Å². The van der Waals surface area contributed by atoms with Gasteiger partial charge in [-0.25, -0.2) is 0 Å². The maximum Gasteiger partial charge on any atom is 0.119 e. The molecule has 0 saturated carbocycles. The first-order chi connectivity index (χ1) is 6.92. The molecule has 0 aliphatic heterocycles. The van der Waals surface area contributed by atoms with Crippen LogP contribution in [0.15, 0.2) is 43.0 Å². The van der Waals surface area contributed by atoms with Crippen molar-refractivity contribution in [2.45, 2.75) is 6.04 Å². The van der Waals surface area contributed by atoms with Gasteiger partial charge in [0.1, 0.15) is 12.7 Å². The predicted octanol–water partition coefficient (Wildman–Crippen LogP) is 0.860. The molecule has 0 radical (unpaired) electrons. The zero-order valence-electron chi connectivity index (χ0n) is 7.61. The van der Waals surface area contributed by atoms with Crippen LogP contribution in [0.3, 0.4) is 0 Å². The standard InChI is InChI=1S/C10H11N3O/c14-6-10(13-7-11-12-8-13)9-4-2-1-3-5-9/h1-5,7-8,10,14H,6H2/t10-/m1/s1. The zero-order valence-corrected chi connectivity index (χ0v) is 7.61. The summed E-state index contributed by atoms with van der Waals surface area (Å²) in [4.78, 5) is 0. The van der Waals surface area contributed by atoms with Crippen molar-refractivity contribution < 1.29 is 5.11 Å². The smallest absolute Gasteiger partial charge is 0.119 e. The molecule has 2 rings (SSSR count). The molecule has 0 unspecified atom stereocenters. The van der Waals surface area contributed by atoms with Gasteiger partial charge in [-0.1, -0.05) is 30.3 Å². The molecule has 0 saturated heterocycles. The van der Waals surface area contributed by atoms with E-state index in [-0.39, 0.29) is 12.6 Å². The molecular weight excluding hydrogens is 178 g/mol. The van der Waals surface area contributed by atoms with E-state index in [2.05, 4.69) is 10.2 Å². The van der Waals surface area contributed by atoms with Gasteiger partial charge in [-0.15, -0.1) is 10.2 Å². The molecule has 72 valence electrons. The molecule has 1 aromatic carbocycles. The lowest BCUT2D eigenvalue weighted by Crippen LogP contribution is -2.12. The fourth-order valence-electron chi connectivity index (χ4n) is 1.42. The Morgan fingerprint density at radius 1 is 1.14 bits per heavy atom. The number of nitrogens with zero attached hydrogens (tertiary/aromatic N) is 3. The molecule has 0 aliphatic carbocycles. The van der Waals surface area contributed by atoms with Crippen molar-refractivity contribution in [3.8, 4) is 0 Å². The van der Waals surface area contributed by atoms with Crippen molar-refractivity contribution in [1.29, 1.82) is 0 Å². The lowest BCUT2D eigenvalue weighted by atomic mass is 10.1. The zero-order chi connectivity index (χ0) is 9.80. The van der Waals surface area contributed by atoms with E-state index in [1.165, 1.54) is 0 Å². The van der Waals surface area contributed by atoms with E-state index in [4.69, 9.17) is 0 Å². The highest BCUT2D eigenvalue weighted by atomic mass is 16.3. The molecule has 2 aromatic rings. The quantitative estimate of drug-likeness (QED) is 0.779. The summed E-state index contributed by atoms with van der Waals surface area (Å²) in [7, 11) is 0. The van der Waals surface area contributed by atoms with Gasteiger partial charge >= 0.3 is 0 Å². The Morgan fingerprint density at radius 3 is 2.36 bits per heavy atom. The molecule has 0 spiro atoms. The van der Waals surface area contributed by atoms with Crippen LogP contribution < -0.4 is 0 Å². The highest BCUT2D eigenvalue weighted by Gasteiger charge is 2.10. The van der Waals surface area contributed by atoms with Gasteiger partial charge in [0.15, 0.2) is 0 Å². The first kappa shape index (κ1) is 8.90. The molecule has 0 aliphatic rings. The van der Waals surface area contributed by atoms with Crippen molar-refractivity contribution in [3.63, 3.8) is 0 Å². The Labute approximate surface area is 81.8 Å². The number of rotatable bonds is 3. The molecule has 1 heterocycles. The van der Waals surface area contributed by atoms with Gasteiger partial charge in [-0.3, -0.25) is 0 Å². The predicted molar refractivity (Wildman–Crippen MR) is 51.7 cm³/mol. The molecule has 4 nitrogen and oxygen atoms in total. The van der Waals surface area contributed by atoms with E-state index >= 15 is 0 Å². The second-order valence-electron chi connectivity index (χ2n) is 3.02. The first-order valence-electron chi connectivity index (χ1n) is 4.41. The summed E-state index contributed by atoms with van der Waals surface area (Å²) in [5, 5.41) is 16.7. The van der Waals surface area contributed by atoms with Crippen LogP contribution in [0.5, 0.6) is 0 Å². The molecule has 4 heteroatoms.